The lowest BCUT2D eigenvalue weighted by Crippen LogP contribution is -2.37. The van der Waals surface area contributed by atoms with Crippen molar-refractivity contribution in [2.75, 3.05) is 0 Å². The molecule has 0 aliphatic heterocycles. The minimum Gasteiger partial charge on any atom is -0.237 e. The van der Waals surface area contributed by atoms with E-state index in [0.29, 0.717) is 0 Å². The average Bonchev–Trinajstić information content (AvgIpc) is 3.25. The molecule has 37 heavy (non-hydrogen) atoms. The molecular formula is C35H69N2+. The maximum absolute atomic E-state index is 2.54. The summed E-state index contributed by atoms with van der Waals surface area (Å²) >= 11 is 0. The molecule has 0 amide bonds. The van der Waals surface area contributed by atoms with E-state index in [2.05, 4.69) is 42.4 Å². The maximum Gasteiger partial charge on any atom is 0.256 e. The monoisotopic (exact) mass is 518 g/mol. The molecule has 2 heteroatoms. The second-order valence-electron chi connectivity index (χ2n) is 12.1. The van der Waals surface area contributed by atoms with Crippen molar-refractivity contribution in [1.29, 1.82) is 0 Å². The molecule has 1 heterocycles. The molecular weight excluding hydrogens is 448 g/mol. The van der Waals surface area contributed by atoms with Gasteiger partial charge in [0.1, 0.15) is 12.4 Å². The normalized spacial score (nSPS) is 11.5. The third kappa shape index (κ3) is 20.8. The van der Waals surface area contributed by atoms with Gasteiger partial charge in [-0.2, -0.15) is 0 Å². The van der Waals surface area contributed by atoms with Gasteiger partial charge in [-0.1, -0.05) is 168 Å². The number of imidazole rings is 1. The van der Waals surface area contributed by atoms with Gasteiger partial charge < -0.3 is 0 Å². The van der Waals surface area contributed by atoms with Crippen molar-refractivity contribution in [3.05, 3.63) is 18.2 Å². The standard InChI is InChI=1S/C35H69N2/c1-4-6-8-10-12-14-16-17-18-19-20-22-24-26-28-30-32-37-34-33-36(3)35(37)31-29-27-25-23-21-15-13-11-9-7-5-2/h33-34H,4-32H2,1-3H3/q+1. The van der Waals surface area contributed by atoms with Crippen molar-refractivity contribution in [2.45, 2.75) is 200 Å². The Morgan fingerprint density at radius 2 is 0.784 bits per heavy atom. The van der Waals surface area contributed by atoms with Crippen LogP contribution in [0.15, 0.2) is 12.4 Å². The molecule has 0 N–H and O–H groups in total. The first-order valence-electron chi connectivity index (χ1n) is 17.3. The first-order valence-corrected chi connectivity index (χ1v) is 17.3. The lowest BCUT2D eigenvalue weighted by atomic mass is 10.0. The molecule has 0 aliphatic rings. The maximum atomic E-state index is 2.54. The van der Waals surface area contributed by atoms with Gasteiger partial charge in [0.25, 0.3) is 5.82 Å². The molecule has 0 aliphatic carbocycles. The largest absolute Gasteiger partial charge is 0.256 e. The van der Waals surface area contributed by atoms with E-state index >= 15 is 0 Å². The van der Waals surface area contributed by atoms with E-state index in [1.807, 2.05) is 0 Å². The summed E-state index contributed by atoms with van der Waals surface area (Å²) in [6, 6.07) is 0. The Hall–Kier alpha value is -0.790. The van der Waals surface area contributed by atoms with E-state index in [4.69, 9.17) is 0 Å². The van der Waals surface area contributed by atoms with Crippen LogP contribution >= 0.6 is 0 Å². The summed E-state index contributed by atoms with van der Waals surface area (Å²) in [5, 5.41) is 0. The van der Waals surface area contributed by atoms with Gasteiger partial charge in [0.05, 0.1) is 13.6 Å². The van der Waals surface area contributed by atoms with Crippen molar-refractivity contribution in [3.63, 3.8) is 0 Å². The fraction of sp³-hybridized carbons (Fsp3) is 0.914. The van der Waals surface area contributed by atoms with Crippen LogP contribution in [0, 0.1) is 0 Å². The summed E-state index contributed by atoms with van der Waals surface area (Å²) < 4.78 is 4.91. The summed E-state index contributed by atoms with van der Waals surface area (Å²) in [6.07, 6.45) is 44.7. The third-order valence-corrected chi connectivity index (χ3v) is 8.47. The van der Waals surface area contributed by atoms with Crippen LogP contribution in [0.2, 0.25) is 0 Å². The van der Waals surface area contributed by atoms with Crippen molar-refractivity contribution < 1.29 is 4.57 Å². The summed E-state index contributed by atoms with van der Waals surface area (Å²) in [4.78, 5) is 0. The Kier molecular flexibility index (Phi) is 24.8. The molecule has 0 fully saturated rings. The minimum atomic E-state index is 1.21. The molecule has 0 radical (unpaired) electrons. The Morgan fingerprint density at radius 3 is 1.16 bits per heavy atom. The zero-order valence-electron chi connectivity index (χ0n) is 26.1. The summed E-state index contributed by atoms with van der Waals surface area (Å²) in [5.41, 5.74) is 0. The fourth-order valence-corrected chi connectivity index (χ4v) is 5.86. The van der Waals surface area contributed by atoms with Crippen molar-refractivity contribution in [3.8, 4) is 0 Å². The second kappa shape index (κ2) is 26.8. The Morgan fingerprint density at radius 1 is 0.459 bits per heavy atom. The van der Waals surface area contributed by atoms with Crippen LogP contribution in [0.3, 0.4) is 0 Å². The highest BCUT2D eigenvalue weighted by Gasteiger charge is 2.13. The summed E-state index contributed by atoms with van der Waals surface area (Å²) in [6.45, 7) is 5.82. The van der Waals surface area contributed by atoms with Gasteiger partial charge in [0.2, 0.25) is 0 Å². The van der Waals surface area contributed by atoms with Gasteiger partial charge in [-0.25, -0.2) is 9.13 Å². The molecule has 0 unspecified atom stereocenters. The van der Waals surface area contributed by atoms with Gasteiger partial charge in [-0.05, 0) is 19.3 Å². The Bertz CT molecular complexity index is 576. The van der Waals surface area contributed by atoms with E-state index in [-0.39, 0.29) is 0 Å². The van der Waals surface area contributed by atoms with Gasteiger partial charge >= 0.3 is 0 Å². The first kappa shape index (κ1) is 34.2. The number of hydrogen-bond acceptors (Lipinski definition) is 0. The van der Waals surface area contributed by atoms with Crippen molar-refractivity contribution in [2.24, 2.45) is 7.05 Å². The predicted octanol–water partition coefficient (Wildman–Crippen LogP) is 11.4. The van der Waals surface area contributed by atoms with E-state index < -0.39 is 0 Å². The van der Waals surface area contributed by atoms with Crippen LogP contribution in [-0.2, 0) is 20.0 Å². The second-order valence-corrected chi connectivity index (χ2v) is 12.1. The lowest BCUT2D eigenvalue weighted by Gasteiger charge is -2.05. The smallest absolute Gasteiger partial charge is 0.237 e. The highest BCUT2D eigenvalue weighted by molar-refractivity contribution is 4.82. The summed E-state index contributed by atoms with van der Waals surface area (Å²) in [5.74, 6) is 1.54. The van der Waals surface area contributed by atoms with Crippen molar-refractivity contribution in [1.82, 2.24) is 4.57 Å². The van der Waals surface area contributed by atoms with Crippen LogP contribution < -0.4 is 4.57 Å². The molecule has 0 saturated carbocycles. The number of aryl methyl sites for hydroxylation is 2. The number of rotatable bonds is 29. The third-order valence-electron chi connectivity index (χ3n) is 8.47. The van der Waals surface area contributed by atoms with E-state index in [1.54, 1.807) is 0 Å². The molecule has 218 valence electrons. The quantitative estimate of drug-likeness (QED) is 0.0737. The number of hydrogen-bond donors (Lipinski definition) is 0. The van der Waals surface area contributed by atoms with Crippen LogP contribution in [0.1, 0.15) is 193 Å². The van der Waals surface area contributed by atoms with Crippen LogP contribution in [-0.4, -0.2) is 4.57 Å². The number of aromatic nitrogens is 2. The molecule has 1 aromatic rings. The van der Waals surface area contributed by atoms with Crippen LogP contribution in [0.4, 0.5) is 0 Å². The first-order chi connectivity index (χ1) is 18.3. The molecule has 0 bridgehead atoms. The number of nitrogens with zero attached hydrogens (tertiary/aromatic N) is 2. The molecule has 1 aromatic heterocycles. The zero-order valence-corrected chi connectivity index (χ0v) is 26.1. The zero-order chi connectivity index (χ0) is 26.7. The Balaban J connectivity index is 1.92. The van der Waals surface area contributed by atoms with Gasteiger partial charge in [-0.15, -0.1) is 0 Å². The highest BCUT2D eigenvalue weighted by Crippen LogP contribution is 2.15. The number of unbranched alkanes of at least 4 members (excludes halogenated alkanes) is 25. The molecule has 0 saturated heterocycles. The topological polar surface area (TPSA) is 8.81 Å². The molecule has 0 atom stereocenters. The van der Waals surface area contributed by atoms with Crippen molar-refractivity contribution >= 4 is 0 Å². The highest BCUT2D eigenvalue weighted by atomic mass is 15.1. The molecule has 1 rings (SSSR count). The SMILES string of the molecule is CCCCCCCCCCCCCCCCCC[n+]1ccn(C)c1CCCCCCCCCCCCC. The van der Waals surface area contributed by atoms with Crippen LogP contribution in [0.5, 0.6) is 0 Å². The fourth-order valence-electron chi connectivity index (χ4n) is 5.86. The molecule has 0 spiro atoms. The van der Waals surface area contributed by atoms with E-state index in [1.165, 1.54) is 192 Å². The molecule has 2 nitrogen and oxygen atoms in total. The van der Waals surface area contributed by atoms with Gasteiger partial charge in [0, 0.05) is 6.42 Å². The van der Waals surface area contributed by atoms with E-state index in [0.717, 1.165) is 0 Å². The van der Waals surface area contributed by atoms with E-state index in [9.17, 15) is 0 Å². The van der Waals surface area contributed by atoms with Crippen LogP contribution in [0.25, 0.3) is 0 Å². The lowest BCUT2D eigenvalue weighted by molar-refractivity contribution is -0.704. The van der Waals surface area contributed by atoms with Gasteiger partial charge in [-0.3, -0.25) is 0 Å². The molecule has 0 aromatic carbocycles. The van der Waals surface area contributed by atoms with Gasteiger partial charge in [0.15, 0.2) is 0 Å². The predicted molar refractivity (Wildman–Crippen MR) is 165 cm³/mol. The minimum absolute atomic E-state index is 1.21. The summed E-state index contributed by atoms with van der Waals surface area (Å²) in [7, 11) is 2.23. The average molecular weight is 518 g/mol. The Labute approximate surface area is 234 Å².